The largest absolute Gasteiger partial charge is 0.299 e. The number of rotatable bonds is 4. The molecule has 0 aromatic heterocycles. The van der Waals surface area contributed by atoms with Crippen molar-refractivity contribution >= 4 is 11.6 Å². The molecule has 0 radical (unpaired) electrons. The van der Waals surface area contributed by atoms with E-state index in [0.29, 0.717) is 0 Å². The molecule has 0 spiro atoms. The summed E-state index contributed by atoms with van der Waals surface area (Å²) in [5, 5.41) is 0. The van der Waals surface area contributed by atoms with Gasteiger partial charge in [0.15, 0.2) is 0 Å². The molecule has 1 heterocycles. The number of hydrogen-bond donors (Lipinski definition) is 0. The molecule has 2 rings (SSSR count). The van der Waals surface area contributed by atoms with Crippen molar-refractivity contribution in [3.63, 3.8) is 0 Å². The first-order chi connectivity index (χ1) is 8.20. The minimum atomic E-state index is 0.807. The summed E-state index contributed by atoms with van der Waals surface area (Å²) in [7, 11) is 0. The maximum Gasteiger partial charge on any atom is 0.0239 e. The average molecular weight is 252 g/mol. The lowest BCUT2D eigenvalue weighted by Gasteiger charge is -2.19. The molecule has 0 aliphatic carbocycles. The van der Waals surface area contributed by atoms with Gasteiger partial charge in [-0.15, -0.1) is 11.6 Å². The van der Waals surface area contributed by atoms with Crippen molar-refractivity contribution in [1.29, 1.82) is 0 Å². The van der Waals surface area contributed by atoms with Gasteiger partial charge >= 0.3 is 0 Å². The third-order valence-corrected chi connectivity index (χ3v) is 4.13. The Hall–Kier alpha value is -0.530. The number of alkyl halides is 1. The van der Waals surface area contributed by atoms with Gasteiger partial charge in [-0.3, -0.25) is 4.90 Å². The van der Waals surface area contributed by atoms with Gasteiger partial charge in [0.1, 0.15) is 0 Å². The number of aryl methyl sites for hydroxylation is 2. The van der Waals surface area contributed by atoms with Crippen molar-refractivity contribution in [3.8, 4) is 0 Å². The molecule has 0 bridgehead atoms. The lowest BCUT2D eigenvalue weighted by molar-refractivity contribution is 0.314. The van der Waals surface area contributed by atoms with Crippen LogP contribution in [0.15, 0.2) is 18.2 Å². The van der Waals surface area contributed by atoms with Gasteiger partial charge in [-0.25, -0.2) is 0 Å². The van der Waals surface area contributed by atoms with E-state index in [1.54, 1.807) is 0 Å². The molecular weight excluding hydrogens is 230 g/mol. The van der Waals surface area contributed by atoms with Gasteiger partial charge in [0, 0.05) is 19.0 Å². The Bertz CT molecular complexity index is 355. The van der Waals surface area contributed by atoms with Crippen LogP contribution in [0.3, 0.4) is 0 Å². The van der Waals surface area contributed by atoms with Gasteiger partial charge in [0.2, 0.25) is 0 Å². The fraction of sp³-hybridized carbons (Fsp3) is 0.600. The normalized spacial score (nSPS) is 21.0. The molecule has 1 atom stereocenters. The zero-order valence-electron chi connectivity index (χ0n) is 10.9. The Morgan fingerprint density at radius 3 is 2.65 bits per heavy atom. The van der Waals surface area contributed by atoms with E-state index in [2.05, 4.69) is 36.9 Å². The summed E-state index contributed by atoms with van der Waals surface area (Å²) in [5.41, 5.74) is 4.36. The van der Waals surface area contributed by atoms with Crippen LogP contribution in [-0.4, -0.2) is 23.9 Å². The van der Waals surface area contributed by atoms with Crippen LogP contribution >= 0.6 is 11.6 Å². The van der Waals surface area contributed by atoms with Crippen LogP contribution in [0.25, 0.3) is 0 Å². The maximum absolute atomic E-state index is 5.82. The second kappa shape index (κ2) is 5.88. The van der Waals surface area contributed by atoms with Crippen molar-refractivity contribution < 1.29 is 0 Å². The molecule has 1 aromatic rings. The molecule has 1 saturated heterocycles. The third-order valence-electron chi connectivity index (χ3n) is 3.91. The summed E-state index contributed by atoms with van der Waals surface area (Å²) in [6.07, 6.45) is 2.49. The van der Waals surface area contributed by atoms with E-state index in [4.69, 9.17) is 11.6 Å². The Kier molecular flexibility index (Phi) is 4.47. The van der Waals surface area contributed by atoms with Gasteiger partial charge in [-0.1, -0.05) is 18.2 Å². The molecule has 0 N–H and O–H groups in total. The molecule has 2 heteroatoms. The van der Waals surface area contributed by atoms with E-state index in [1.807, 2.05) is 0 Å². The molecule has 1 aliphatic rings. The summed E-state index contributed by atoms with van der Waals surface area (Å²) >= 11 is 5.82. The summed E-state index contributed by atoms with van der Waals surface area (Å²) in [6, 6.07) is 6.58. The molecule has 0 saturated carbocycles. The molecular formula is C15H22ClN. The van der Waals surface area contributed by atoms with E-state index >= 15 is 0 Å². The highest BCUT2D eigenvalue weighted by Gasteiger charge is 2.22. The van der Waals surface area contributed by atoms with E-state index in [1.165, 1.54) is 42.6 Å². The minimum Gasteiger partial charge on any atom is -0.299 e. The predicted octanol–water partition coefficient (Wildman–Crippen LogP) is 3.75. The fourth-order valence-electron chi connectivity index (χ4n) is 2.77. The summed E-state index contributed by atoms with van der Waals surface area (Å²) in [6.45, 7) is 8.00. The first-order valence-electron chi connectivity index (χ1n) is 6.54. The fourth-order valence-corrected chi connectivity index (χ4v) is 3.08. The van der Waals surface area contributed by atoms with Crippen molar-refractivity contribution in [2.24, 2.45) is 5.92 Å². The molecule has 1 fully saturated rings. The van der Waals surface area contributed by atoms with Crippen LogP contribution in [0.5, 0.6) is 0 Å². The maximum atomic E-state index is 5.82. The molecule has 1 aromatic carbocycles. The Morgan fingerprint density at radius 2 is 2.00 bits per heavy atom. The third kappa shape index (κ3) is 3.23. The smallest absolute Gasteiger partial charge is 0.0239 e. The molecule has 1 unspecified atom stereocenters. The highest BCUT2D eigenvalue weighted by atomic mass is 35.5. The zero-order valence-corrected chi connectivity index (χ0v) is 11.6. The second-order valence-corrected chi connectivity index (χ2v) is 5.62. The van der Waals surface area contributed by atoms with E-state index < -0.39 is 0 Å². The molecule has 0 amide bonds. The van der Waals surface area contributed by atoms with Crippen LogP contribution in [0.1, 0.15) is 29.5 Å². The topological polar surface area (TPSA) is 3.24 Å². The van der Waals surface area contributed by atoms with Crippen LogP contribution in [-0.2, 0) is 6.54 Å². The van der Waals surface area contributed by atoms with Gasteiger partial charge < -0.3 is 0 Å². The summed E-state index contributed by atoms with van der Waals surface area (Å²) in [5.74, 6) is 1.62. The number of likely N-dealkylation sites (tertiary alicyclic amines) is 1. The SMILES string of the molecule is Cc1cccc(C)c1CN1CCC(CCCl)C1. The van der Waals surface area contributed by atoms with Crippen LogP contribution in [0.2, 0.25) is 0 Å². The van der Waals surface area contributed by atoms with Crippen LogP contribution in [0.4, 0.5) is 0 Å². The second-order valence-electron chi connectivity index (χ2n) is 5.24. The molecule has 1 nitrogen and oxygen atoms in total. The zero-order chi connectivity index (χ0) is 12.3. The highest BCUT2D eigenvalue weighted by Crippen LogP contribution is 2.24. The molecule has 17 heavy (non-hydrogen) atoms. The van der Waals surface area contributed by atoms with E-state index in [9.17, 15) is 0 Å². The van der Waals surface area contributed by atoms with Crippen molar-refractivity contribution in [3.05, 3.63) is 34.9 Å². The predicted molar refractivity (Wildman–Crippen MR) is 74.6 cm³/mol. The standard InChI is InChI=1S/C15H22ClN/c1-12-4-3-5-13(2)15(12)11-17-9-7-14(10-17)6-8-16/h3-5,14H,6-11H2,1-2H3. The Balaban J connectivity index is 1.98. The van der Waals surface area contributed by atoms with Crippen molar-refractivity contribution in [2.45, 2.75) is 33.2 Å². The van der Waals surface area contributed by atoms with Crippen LogP contribution < -0.4 is 0 Å². The Morgan fingerprint density at radius 1 is 1.29 bits per heavy atom. The number of nitrogens with zero attached hydrogens (tertiary/aromatic N) is 1. The van der Waals surface area contributed by atoms with Gasteiger partial charge in [-0.05, 0) is 55.8 Å². The minimum absolute atomic E-state index is 0.807. The van der Waals surface area contributed by atoms with Gasteiger partial charge in [0.05, 0.1) is 0 Å². The lowest BCUT2D eigenvalue weighted by atomic mass is 10.0. The summed E-state index contributed by atoms with van der Waals surface area (Å²) in [4.78, 5) is 2.58. The molecule has 1 aliphatic heterocycles. The number of benzene rings is 1. The summed E-state index contributed by atoms with van der Waals surface area (Å²) < 4.78 is 0. The average Bonchev–Trinajstić information content (AvgIpc) is 2.72. The first kappa shape index (κ1) is 12.9. The van der Waals surface area contributed by atoms with Crippen molar-refractivity contribution in [1.82, 2.24) is 4.90 Å². The van der Waals surface area contributed by atoms with E-state index in [0.717, 1.165) is 18.3 Å². The quantitative estimate of drug-likeness (QED) is 0.737. The first-order valence-corrected chi connectivity index (χ1v) is 7.07. The monoisotopic (exact) mass is 251 g/mol. The van der Waals surface area contributed by atoms with Crippen LogP contribution in [0, 0.1) is 19.8 Å². The van der Waals surface area contributed by atoms with Gasteiger partial charge in [0.25, 0.3) is 0 Å². The highest BCUT2D eigenvalue weighted by molar-refractivity contribution is 6.17. The Labute approximate surface area is 110 Å². The van der Waals surface area contributed by atoms with E-state index in [-0.39, 0.29) is 0 Å². The van der Waals surface area contributed by atoms with Crippen molar-refractivity contribution in [2.75, 3.05) is 19.0 Å². The van der Waals surface area contributed by atoms with Gasteiger partial charge in [-0.2, -0.15) is 0 Å². The number of hydrogen-bond acceptors (Lipinski definition) is 1. The lowest BCUT2D eigenvalue weighted by Crippen LogP contribution is -2.21. The number of halogens is 1. The molecule has 94 valence electrons.